The number of benzene rings is 3. The molecule has 0 aliphatic carbocycles. The Morgan fingerprint density at radius 1 is 0.973 bits per heavy atom. The zero-order valence-corrected chi connectivity index (χ0v) is 21.3. The first kappa shape index (κ1) is 26.0. The largest absolute Gasteiger partial charge is 0.490 e. The fourth-order valence-electron chi connectivity index (χ4n) is 3.36. The van der Waals surface area contributed by atoms with Crippen molar-refractivity contribution in [1.29, 1.82) is 0 Å². The summed E-state index contributed by atoms with van der Waals surface area (Å²) in [5.41, 5.74) is 1.03. The number of hydrogen-bond acceptors (Lipinski definition) is 8. The van der Waals surface area contributed by atoms with Crippen molar-refractivity contribution >= 4 is 50.7 Å². The molecule has 11 heteroatoms. The number of amides is 3. The molecule has 0 atom stereocenters. The molecule has 3 aromatic rings. The molecule has 0 aromatic heterocycles. The number of para-hydroxylation sites is 1. The summed E-state index contributed by atoms with van der Waals surface area (Å²) in [6, 6.07) is 20.8. The normalized spacial score (nSPS) is 14.6. The van der Waals surface area contributed by atoms with Gasteiger partial charge < -0.3 is 14.2 Å². The Labute approximate surface area is 218 Å². The van der Waals surface area contributed by atoms with Crippen LogP contribution in [0.4, 0.5) is 10.5 Å². The molecule has 3 aromatic carbocycles. The van der Waals surface area contributed by atoms with E-state index in [1.54, 1.807) is 55.5 Å². The van der Waals surface area contributed by atoms with Crippen LogP contribution in [-0.2, 0) is 19.7 Å². The third-order valence-corrected chi connectivity index (χ3v) is 7.19. The number of thioether (sulfide) groups is 1. The number of ether oxygens (including phenoxy) is 1. The van der Waals surface area contributed by atoms with Crippen LogP contribution in [0.5, 0.6) is 11.5 Å². The number of carbonyl (C=O) groups is 3. The van der Waals surface area contributed by atoms with Gasteiger partial charge in [0.2, 0.25) is 5.91 Å². The molecule has 37 heavy (non-hydrogen) atoms. The molecule has 9 nitrogen and oxygen atoms in total. The Morgan fingerprint density at radius 2 is 1.65 bits per heavy atom. The summed E-state index contributed by atoms with van der Waals surface area (Å²) in [7, 11) is -4.09. The number of nitrogens with one attached hydrogen (secondary N) is 1. The minimum absolute atomic E-state index is 0.00787. The predicted octanol–water partition coefficient (Wildman–Crippen LogP) is 4.53. The van der Waals surface area contributed by atoms with Gasteiger partial charge in [-0.15, -0.1) is 0 Å². The van der Waals surface area contributed by atoms with E-state index < -0.39 is 33.7 Å². The molecule has 3 amide bonds. The quantitative estimate of drug-likeness (QED) is 0.312. The lowest BCUT2D eigenvalue weighted by molar-refractivity contribution is -0.127. The second kappa shape index (κ2) is 11.3. The van der Waals surface area contributed by atoms with E-state index in [0.29, 0.717) is 23.0 Å². The van der Waals surface area contributed by atoms with E-state index in [4.69, 9.17) is 8.92 Å². The van der Waals surface area contributed by atoms with Gasteiger partial charge in [-0.2, -0.15) is 8.42 Å². The minimum atomic E-state index is -4.09. The number of imide groups is 1. The molecule has 1 aliphatic heterocycles. The highest BCUT2D eigenvalue weighted by Crippen LogP contribution is 2.35. The Bertz CT molecular complexity index is 1460. The molecule has 0 radical (unpaired) electrons. The molecule has 190 valence electrons. The lowest BCUT2D eigenvalue weighted by atomic mass is 10.2. The molecule has 1 saturated heterocycles. The maximum Gasteiger partial charge on any atom is 0.339 e. The van der Waals surface area contributed by atoms with E-state index in [9.17, 15) is 22.8 Å². The highest BCUT2D eigenvalue weighted by Gasteiger charge is 2.36. The standard InChI is InChI=1S/C26H22N2O7S2/c1-2-34-22-15-18(13-14-21(22)35-37(32,33)20-11-7-4-8-12-20)16-23-25(30)28(26(31)36-23)17-24(29)27-19-9-5-3-6-10-19/h3-16H,2,17H2,1H3,(H,27,29)/b23-16-. The molecule has 4 rings (SSSR count). The highest BCUT2D eigenvalue weighted by atomic mass is 32.2. The fourth-order valence-corrected chi connectivity index (χ4v) is 5.16. The fraction of sp³-hybridized carbons (Fsp3) is 0.115. The Balaban J connectivity index is 1.51. The van der Waals surface area contributed by atoms with Gasteiger partial charge >= 0.3 is 10.1 Å². The molecule has 1 N–H and O–H groups in total. The minimum Gasteiger partial charge on any atom is -0.490 e. The first-order valence-electron chi connectivity index (χ1n) is 11.1. The SMILES string of the molecule is CCOc1cc(/C=C2\SC(=O)N(CC(=O)Nc3ccccc3)C2=O)ccc1OS(=O)(=O)c1ccccc1. The van der Waals surface area contributed by atoms with E-state index in [2.05, 4.69) is 5.32 Å². The molecule has 0 spiro atoms. The Kier molecular flexibility index (Phi) is 7.95. The summed E-state index contributed by atoms with van der Waals surface area (Å²) in [5.74, 6) is -0.983. The van der Waals surface area contributed by atoms with Crippen molar-refractivity contribution in [3.63, 3.8) is 0 Å². The van der Waals surface area contributed by atoms with Crippen LogP contribution in [0, 0.1) is 0 Å². The van der Waals surface area contributed by atoms with Crippen molar-refractivity contribution in [2.24, 2.45) is 0 Å². The third-order valence-electron chi connectivity index (χ3n) is 5.03. The zero-order valence-electron chi connectivity index (χ0n) is 19.6. The molecule has 1 heterocycles. The van der Waals surface area contributed by atoms with E-state index in [1.165, 1.54) is 36.4 Å². The van der Waals surface area contributed by atoms with Gasteiger partial charge in [0.05, 0.1) is 11.5 Å². The summed E-state index contributed by atoms with van der Waals surface area (Å²) in [6.45, 7) is 1.54. The Morgan fingerprint density at radius 3 is 2.32 bits per heavy atom. The average Bonchev–Trinajstić information content (AvgIpc) is 3.14. The first-order chi connectivity index (χ1) is 17.8. The molecular formula is C26H22N2O7S2. The summed E-state index contributed by atoms with van der Waals surface area (Å²) < 4.78 is 36.1. The second-order valence-electron chi connectivity index (χ2n) is 7.67. The van der Waals surface area contributed by atoms with Crippen LogP contribution in [0.15, 0.2) is 88.7 Å². The maximum absolute atomic E-state index is 12.8. The van der Waals surface area contributed by atoms with Gasteiger partial charge in [-0.3, -0.25) is 19.3 Å². The van der Waals surface area contributed by atoms with Crippen molar-refractivity contribution in [2.45, 2.75) is 11.8 Å². The van der Waals surface area contributed by atoms with Crippen LogP contribution in [0.25, 0.3) is 6.08 Å². The van der Waals surface area contributed by atoms with E-state index >= 15 is 0 Å². The molecule has 0 unspecified atom stereocenters. The predicted molar refractivity (Wildman–Crippen MR) is 140 cm³/mol. The maximum atomic E-state index is 12.8. The van der Waals surface area contributed by atoms with Crippen molar-refractivity contribution in [1.82, 2.24) is 4.90 Å². The number of hydrogen-bond donors (Lipinski definition) is 1. The first-order valence-corrected chi connectivity index (χ1v) is 13.4. The highest BCUT2D eigenvalue weighted by molar-refractivity contribution is 8.18. The number of anilines is 1. The number of carbonyl (C=O) groups excluding carboxylic acids is 3. The number of rotatable bonds is 9. The van der Waals surface area contributed by atoms with Gasteiger partial charge in [-0.25, -0.2) is 0 Å². The molecule has 1 fully saturated rings. The van der Waals surface area contributed by atoms with Gasteiger partial charge in [0.15, 0.2) is 11.5 Å². The van der Waals surface area contributed by atoms with E-state index in [0.717, 1.165) is 4.90 Å². The van der Waals surface area contributed by atoms with Crippen LogP contribution in [0.3, 0.4) is 0 Å². The van der Waals surface area contributed by atoms with Crippen molar-refractivity contribution in [2.75, 3.05) is 18.5 Å². The van der Waals surface area contributed by atoms with Gasteiger partial charge in [-0.05, 0) is 66.7 Å². The van der Waals surface area contributed by atoms with Gasteiger partial charge in [-0.1, -0.05) is 42.5 Å². The second-order valence-corrected chi connectivity index (χ2v) is 10.2. The van der Waals surface area contributed by atoms with E-state index in [-0.39, 0.29) is 27.9 Å². The molecular weight excluding hydrogens is 516 g/mol. The van der Waals surface area contributed by atoms with Gasteiger partial charge in [0.1, 0.15) is 11.4 Å². The molecule has 0 saturated carbocycles. The summed E-state index contributed by atoms with van der Waals surface area (Å²) in [6.07, 6.45) is 1.47. The van der Waals surface area contributed by atoms with Crippen molar-refractivity contribution < 1.29 is 31.7 Å². The lowest BCUT2D eigenvalue weighted by Crippen LogP contribution is -2.36. The van der Waals surface area contributed by atoms with Crippen molar-refractivity contribution in [3.8, 4) is 11.5 Å². The smallest absolute Gasteiger partial charge is 0.339 e. The van der Waals surface area contributed by atoms with Gasteiger partial charge in [0.25, 0.3) is 11.1 Å². The lowest BCUT2D eigenvalue weighted by Gasteiger charge is -2.13. The van der Waals surface area contributed by atoms with Crippen LogP contribution in [0.1, 0.15) is 12.5 Å². The summed E-state index contributed by atoms with van der Waals surface area (Å²) in [4.78, 5) is 38.6. The van der Waals surface area contributed by atoms with Crippen LogP contribution < -0.4 is 14.2 Å². The summed E-state index contributed by atoms with van der Waals surface area (Å²) in [5, 5.41) is 2.07. The molecule has 0 bridgehead atoms. The molecule has 1 aliphatic rings. The average molecular weight is 539 g/mol. The van der Waals surface area contributed by atoms with Gasteiger partial charge in [0, 0.05) is 5.69 Å². The van der Waals surface area contributed by atoms with Crippen LogP contribution in [-0.4, -0.2) is 43.5 Å². The number of nitrogens with zero attached hydrogens (tertiary/aromatic N) is 1. The zero-order chi connectivity index (χ0) is 26.4. The monoisotopic (exact) mass is 538 g/mol. The van der Waals surface area contributed by atoms with Crippen LogP contribution in [0.2, 0.25) is 0 Å². The van der Waals surface area contributed by atoms with E-state index in [1.807, 2.05) is 0 Å². The third kappa shape index (κ3) is 6.38. The Hall–Kier alpha value is -4.09. The topological polar surface area (TPSA) is 119 Å². The van der Waals surface area contributed by atoms with Crippen LogP contribution >= 0.6 is 11.8 Å². The summed E-state index contributed by atoms with van der Waals surface area (Å²) >= 11 is 0.706. The van der Waals surface area contributed by atoms with Crippen molar-refractivity contribution in [3.05, 3.63) is 89.3 Å².